The first-order valence-electron chi connectivity index (χ1n) is 8.77. The number of unbranched alkanes of at least 4 members (excludes halogenated alkanes) is 2. The van der Waals surface area contributed by atoms with Crippen molar-refractivity contribution in [3.8, 4) is 5.75 Å². The first kappa shape index (κ1) is 17.8. The predicted octanol–water partition coefficient (Wildman–Crippen LogP) is 4.57. The van der Waals surface area contributed by atoms with Gasteiger partial charge in [0, 0.05) is 28.7 Å². The third kappa shape index (κ3) is 3.88. The van der Waals surface area contributed by atoms with E-state index in [0.29, 0.717) is 6.61 Å². The van der Waals surface area contributed by atoms with Crippen molar-refractivity contribution < 1.29 is 9.53 Å². The number of rotatable bonds is 5. The normalized spacial score (nSPS) is 15.9. The molecule has 1 aromatic rings. The van der Waals surface area contributed by atoms with Crippen molar-refractivity contribution in [1.29, 1.82) is 0 Å². The highest BCUT2D eigenvalue weighted by Gasteiger charge is 2.36. The molecular formula is C20H31NO2. The minimum atomic E-state index is -0.0526. The molecule has 0 atom stereocenters. The van der Waals surface area contributed by atoms with Gasteiger partial charge in [-0.3, -0.25) is 4.79 Å². The Bertz CT molecular complexity index is 582. The number of nitrogens with one attached hydrogen (secondary N) is 1. The summed E-state index contributed by atoms with van der Waals surface area (Å²) in [6, 6.07) is 4.03. The molecule has 23 heavy (non-hydrogen) atoms. The zero-order chi connectivity index (χ0) is 17.3. The molecule has 2 rings (SSSR count). The smallest absolute Gasteiger partial charge is 0.251 e. The zero-order valence-corrected chi connectivity index (χ0v) is 15.5. The fourth-order valence-electron chi connectivity index (χ4n) is 2.98. The summed E-state index contributed by atoms with van der Waals surface area (Å²) in [6.07, 6.45) is 3.35. The van der Waals surface area contributed by atoms with Crippen LogP contribution in [0, 0.1) is 0 Å². The summed E-state index contributed by atoms with van der Waals surface area (Å²) < 4.78 is 5.99. The van der Waals surface area contributed by atoms with Crippen molar-refractivity contribution in [2.45, 2.75) is 71.6 Å². The number of carbonyl (C=O) groups excluding carboxylic acids is 1. The third-order valence-electron chi connectivity index (χ3n) is 4.53. The van der Waals surface area contributed by atoms with Gasteiger partial charge in [-0.25, -0.2) is 0 Å². The monoisotopic (exact) mass is 317 g/mol. The van der Waals surface area contributed by atoms with Crippen LogP contribution >= 0.6 is 0 Å². The molecule has 0 unspecified atom stereocenters. The lowest BCUT2D eigenvalue weighted by atomic mass is 9.79. The van der Waals surface area contributed by atoms with Crippen molar-refractivity contribution >= 4 is 5.91 Å². The summed E-state index contributed by atoms with van der Waals surface area (Å²) in [5.41, 5.74) is 2.93. The molecule has 0 spiro atoms. The van der Waals surface area contributed by atoms with E-state index in [0.717, 1.165) is 48.2 Å². The molecule has 0 bridgehead atoms. The minimum absolute atomic E-state index is 0.0251. The van der Waals surface area contributed by atoms with Crippen LogP contribution in [0.1, 0.15) is 82.3 Å². The molecule has 1 aromatic carbocycles. The number of amides is 1. The molecule has 1 amide bonds. The van der Waals surface area contributed by atoms with Gasteiger partial charge in [0.1, 0.15) is 5.75 Å². The second-order valence-electron chi connectivity index (χ2n) is 8.29. The molecule has 3 nitrogen and oxygen atoms in total. The van der Waals surface area contributed by atoms with Crippen LogP contribution in [0.15, 0.2) is 12.1 Å². The maximum atomic E-state index is 12.5. The molecule has 0 radical (unpaired) electrons. The number of fused-ring (bicyclic) bond motifs is 1. The van der Waals surface area contributed by atoms with Gasteiger partial charge in [0.25, 0.3) is 5.91 Å². The number of hydrogen-bond donors (Lipinski definition) is 1. The lowest BCUT2D eigenvalue weighted by molar-refractivity contribution is 0.0952. The van der Waals surface area contributed by atoms with Crippen LogP contribution in [0.4, 0.5) is 0 Å². The molecule has 1 aliphatic heterocycles. The highest BCUT2D eigenvalue weighted by Crippen LogP contribution is 2.45. The highest BCUT2D eigenvalue weighted by atomic mass is 16.5. The average molecular weight is 317 g/mol. The summed E-state index contributed by atoms with van der Waals surface area (Å²) in [5, 5.41) is 3.05. The summed E-state index contributed by atoms with van der Waals surface area (Å²) in [6.45, 7) is 14.4. The summed E-state index contributed by atoms with van der Waals surface area (Å²) in [4.78, 5) is 12.5. The Morgan fingerprint density at radius 2 is 1.96 bits per heavy atom. The van der Waals surface area contributed by atoms with Gasteiger partial charge in [-0.1, -0.05) is 54.4 Å². The largest absolute Gasteiger partial charge is 0.492 e. The van der Waals surface area contributed by atoms with Gasteiger partial charge < -0.3 is 10.1 Å². The first-order chi connectivity index (χ1) is 10.7. The number of benzene rings is 1. The molecule has 0 saturated carbocycles. The van der Waals surface area contributed by atoms with Crippen LogP contribution in [-0.4, -0.2) is 19.1 Å². The van der Waals surface area contributed by atoms with Crippen LogP contribution in [0.25, 0.3) is 0 Å². The average Bonchev–Trinajstić information content (AvgIpc) is 2.77. The Morgan fingerprint density at radius 1 is 1.26 bits per heavy atom. The van der Waals surface area contributed by atoms with Crippen molar-refractivity contribution in [3.63, 3.8) is 0 Å². The topological polar surface area (TPSA) is 38.3 Å². The molecule has 1 heterocycles. The van der Waals surface area contributed by atoms with E-state index in [1.165, 1.54) is 0 Å². The Hall–Kier alpha value is -1.51. The van der Waals surface area contributed by atoms with E-state index < -0.39 is 0 Å². The highest BCUT2D eigenvalue weighted by molar-refractivity contribution is 5.95. The number of carbonyl (C=O) groups is 1. The first-order valence-corrected chi connectivity index (χ1v) is 8.77. The molecule has 128 valence electrons. The van der Waals surface area contributed by atoms with E-state index in [4.69, 9.17) is 4.74 Å². The van der Waals surface area contributed by atoms with E-state index in [-0.39, 0.29) is 16.7 Å². The Kier molecular flexibility index (Phi) is 5.07. The van der Waals surface area contributed by atoms with Crippen molar-refractivity contribution in [2.24, 2.45) is 0 Å². The second-order valence-corrected chi connectivity index (χ2v) is 8.29. The summed E-state index contributed by atoms with van der Waals surface area (Å²) >= 11 is 0. The summed E-state index contributed by atoms with van der Waals surface area (Å²) in [5.74, 6) is 1.00. The van der Waals surface area contributed by atoms with E-state index in [1.54, 1.807) is 0 Å². The SMILES string of the molecule is CCCCCNC(=O)c1cc(C(C)(C)C)c2c(c1)C(C)(C)CO2. The second kappa shape index (κ2) is 6.54. The molecule has 0 aromatic heterocycles. The Labute approximate surface area is 140 Å². The maximum absolute atomic E-state index is 12.5. The molecule has 1 aliphatic rings. The molecule has 1 N–H and O–H groups in total. The quantitative estimate of drug-likeness (QED) is 0.808. The van der Waals surface area contributed by atoms with Crippen LogP contribution in [0.3, 0.4) is 0 Å². The van der Waals surface area contributed by atoms with E-state index >= 15 is 0 Å². The molecule has 0 aliphatic carbocycles. The summed E-state index contributed by atoms with van der Waals surface area (Å²) in [7, 11) is 0. The van der Waals surface area contributed by atoms with E-state index in [2.05, 4.69) is 46.9 Å². The Morgan fingerprint density at radius 3 is 2.57 bits per heavy atom. The van der Waals surface area contributed by atoms with Crippen LogP contribution < -0.4 is 10.1 Å². The van der Waals surface area contributed by atoms with Gasteiger partial charge in [0.15, 0.2) is 0 Å². The van der Waals surface area contributed by atoms with Crippen LogP contribution in [0.5, 0.6) is 5.75 Å². The van der Waals surface area contributed by atoms with Gasteiger partial charge in [0.05, 0.1) is 6.61 Å². The third-order valence-corrected chi connectivity index (χ3v) is 4.53. The fourth-order valence-corrected chi connectivity index (χ4v) is 2.98. The van der Waals surface area contributed by atoms with Crippen molar-refractivity contribution in [3.05, 3.63) is 28.8 Å². The predicted molar refractivity (Wildman–Crippen MR) is 95.5 cm³/mol. The lowest BCUT2D eigenvalue weighted by Crippen LogP contribution is -2.26. The van der Waals surface area contributed by atoms with Crippen LogP contribution in [0.2, 0.25) is 0 Å². The standard InChI is InChI=1S/C20H31NO2/c1-7-8-9-10-21-18(22)14-11-15(19(2,3)4)17-16(12-14)20(5,6)13-23-17/h11-12H,7-10,13H2,1-6H3,(H,21,22). The van der Waals surface area contributed by atoms with Crippen molar-refractivity contribution in [2.75, 3.05) is 13.2 Å². The maximum Gasteiger partial charge on any atom is 0.251 e. The van der Waals surface area contributed by atoms with E-state index in [9.17, 15) is 4.79 Å². The van der Waals surface area contributed by atoms with Gasteiger partial charge in [-0.2, -0.15) is 0 Å². The van der Waals surface area contributed by atoms with Gasteiger partial charge in [-0.05, 0) is 24.0 Å². The fraction of sp³-hybridized carbons (Fsp3) is 0.650. The molecule has 0 fully saturated rings. The molecule has 0 saturated heterocycles. The Balaban J connectivity index is 2.33. The lowest BCUT2D eigenvalue weighted by Gasteiger charge is -2.24. The van der Waals surface area contributed by atoms with E-state index in [1.807, 2.05) is 12.1 Å². The number of hydrogen-bond acceptors (Lipinski definition) is 2. The zero-order valence-electron chi connectivity index (χ0n) is 15.5. The van der Waals surface area contributed by atoms with Crippen molar-refractivity contribution in [1.82, 2.24) is 5.32 Å². The van der Waals surface area contributed by atoms with Crippen LogP contribution in [-0.2, 0) is 10.8 Å². The minimum Gasteiger partial charge on any atom is -0.492 e. The van der Waals surface area contributed by atoms with Gasteiger partial charge in [-0.15, -0.1) is 0 Å². The number of ether oxygens (including phenoxy) is 1. The molecule has 3 heteroatoms. The van der Waals surface area contributed by atoms with Gasteiger partial charge >= 0.3 is 0 Å². The van der Waals surface area contributed by atoms with Gasteiger partial charge in [0.2, 0.25) is 0 Å². The molecular weight excluding hydrogens is 286 g/mol.